The average molecular weight is 496 g/mol. The molecule has 0 bridgehead atoms. The smallest absolute Gasteiger partial charge is 0.213 e. The van der Waals surface area contributed by atoms with Crippen molar-refractivity contribution in [3.05, 3.63) is 35.2 Å². The zero-order valence-corrected chi connectivity index (χ0v) is 21.5. The van der Waals surface area contributed by atoms with Crippen molar-refractivity contribution in [3.63, 3.8) is 0 Å². The van der Waals surface area contributed by atoms with Gasteiger partial charge < -0.3 is 14.4 Å². The predicted octanol–water partition coefficient (Wildman–Crippen LogP) is 3.98. The number of ether oxygens (including phenoxy) is 2. The summed E-state index contributed by atoms with van der Waals surface area (Å²) in [6, 6.07) is 4.42. The number of rotatable bonds is 5. The summed E-state index contributed by atoms with van der Waals surface area (Å²) in [5, 5.41) is 0. The second-order valence-electron chi connectivity index (χ2n) is 10.2. The molecule has 4 aliphatic rings. The molecule has 186 valence electrons. The SMILES string of the molecule is COc1cc(-c2nc(N3CCOC[C@H]3C)cc(C3(C)CCCS3(=O)=NC3CC3)n2)c2c(n1)CC=C2. The van der Waals surface area contributed by atoms with Crippen LogP contribution in [0.5, 0.6) is 5.88 Å². The maximum Gasteiger partial charge on any atom is 0.213 e. The van der Waals surface area contributed by atoms with E-state index in [0.29, 0.717) is 30.7 Å². The van der Waals surface area contributed by atoms with E-state index >= 15 is 0 Å². The summed E-state index contributed by atoms with van der Waals surface area (Å²) in [4.78, 5) is 17.1. The van der Waals surface area contributed by atoms with E-state index < -0.39 is 14.5 Å². The van der Waals surface area contributed by atoms with Crippen molar-refractivity contribution in [2.75, 3.05) is 37.5 Å². The van der Waals surface area contributed by atoms with Gasteiger partial charge >= 0.3 is 0 Å². The van der Waals surface area contributed by atoms with Crippen LogP contribution in [0.1, 0.15) is 56.5 Å². The molecule has 2 aromatic heterocycles. The quantitative estimate of drug-likeness (QED) is 0.620. The number of allylic oxidation sites excluding steroid dienone is 1. The molecule has 35 heavy (non-hydrogen) atoms. The first-order chi connectivity index (χ1) is 16.9. The Kier molecular flexibility index (Phi) is 5.60. The summed E-state index contributed by atoms with van der Waals surface area (Å²) in [5.74, 6) is 2.68. The zero-order valence-electron chi connectivity index (χ0n) is 20.7. The van der Waals surface area contributed by atoms with Gasteiger partial charge in [-0.05, 0) is 39.5 Å². The van der Waals surface area contributed by atoms with Gasteiger partial charge in [-0.3, -0.25) is 0 Å². The van der Waals surface area contributed by atoms with Crippen molar-refractivity contribution in [3.8, 4) is 17.3 Å². The van der Waals surface area contributed by atoms with Crippen LogP contribution in [-0.4, -0.2) is 63.9 Å². The van der Waals surface area contributed by atoms with E-state index in [9.17, 15) is 4.21 Å². The van der Waals surface area contributed by atoms with E-state index in [0.717, 1.165) is 67.0 Å². The Morgan fingerprint density at radius 2 is 2.11 bits per heavy atom. The molecule has 2 aliphatic carbocycles. The third-order valence-electron chi connectivity index (χ3n) is 7.72. The molecular weight excluding hydrogens is 462 g/mol. The lowest BCUT2D eigenvalue weighted by Gasteiger charge is -2.35. The summed E-state index contributed by atoms with van der Waals surface area (Å²) >= 11 is 0. The van der Waals surface area contributed by atoms with Crippen LogP contribution >= 0.6 is 0 Å². The molecule has 8 nitrogen and oxygen atoms in total. The van der Waals surface area contributed by atoms with Gasteiger partial charge in [0.05, 0.1) is 58.3 Å². The minimum Gasteiger partial charge on any atom is -0.481 e. The topological polar surface area (TPSA) is 89.8 Å². The molecule has 3 atom stereocenters. The monoisotopic (exact) mass is 495 g/mol. The maximum absolute atomic E-state index is 14.3. The van der Waals surface area contributed by atoms with Crippen molar-refractivity contribution >= 4 is 21.6 Å². The lowest BCUT2D eigenvalue weighted by Crippen LogP contribution is -2.44. The average Bonchev–Trinajstić information content (AvgIpc) is 3.44. The highest BCUT2D eigenvalue weighted by molar-refractivity contribution is 7.94. The standard InChI is InChI=1S/C26H33N5O3S/c1-17-16-34-12-11-31(17)23-15-22(26(2)10-5-13-35(26,32)30-18-8-9-18)28-25(29-23)20-14-24(33-3)27-21-7-4-6-19(20)21/h4,6,14-15,17-18H,5,7-13,16H2,1-3H3/t17-,26?,35?/m1/s1. The largest absolute Gasteiger partial charge is 0.481 e. The first-order valence-corrected chi connectivity index (χ1v) is 14.3. The molecule has 2 unspecified atom stereocenters. The van der Waals surface area contributed by atoms with E-state index in [2.05, 4.69) is 41.9 Å². The molecule has 0 spiro atoms. The number of hydrogen-bond donors (Lipinski definition) is 0. The zero-order chi connectivity index (χ0) is 24.2. The number of pyridine rings is 1. The van der Waals surface area contributed by atoms with Crippen LogP contribution in [0.4, 0.5) is 5.82 Å². The van der Waals surface area contributed by atoms with E-state index in [1.165, 1.54) is 0 Å². The van der Waals surface area contributed by atoms with Gasteiger partial charge in [0.1, 0.15) is 5.82 Å². The molecule has 2 saturated heterocycles. The van der Waals surface area contributed by atoms with Gasteiger partial charge in [0, 0.05) is 42.0 Å². The Morgan fingerprint density at radius 3 is 2.89 bits per heavy atom. The van der Waals surface area contributed by atoms with Gasteiger partial charge in [0.15, 0.2) is 5.82 Å². The first-order valence-electron chi connectivity index (χ1n) is 12.6. The Balaban J connectivity index is 1.55. The van der Waals surface area contributed by atoms with Crippen LogP contribution in [0.25, 0.3) is 17.5 Å². The van der Waals surface area contributed by atoms with Crippen LogP contribution in [0.2, 0.25) is 0 Å². The van der Waals surface area contributed by atoms with Crippen LogP contribution in [-0.2, 0) is 25.6 Å². The van der Waals surface area contributed by atoms with Crippen LogP contribution in [0.15, 0.2) is 22.6 Å². The van der Waals surface area contributed by atoms with Crippen molar-refractivity contribution in [2.45, 2.75) is 62.8 Å². The molecule has 0 amide bonds. The molecule has 3 fully saturated rings. The summed E-state index contributed by atoms with van der Waals surface area (Å²) < 4.78 is 29.8. The molecule has 0 N–H and O–H groups in total. The van der Waals surface area contributed by atoms with Crippen molar-refractivity contribution in [2.24, 2.45) is 4.36 Å². The third-order valence-corrected chi connectivity index (χ3v) is 11.0. The number of nitrogens with zero attached hydrogens (tertiary/aromatic N) is 5. The number of morpholine rings is 1. The fourth-order valence-electron chi connectivity index (χ4n) is 5.41. The van der Waals surface area contributed by atoms with E-state index in [1.54, 1.807) is 7.11 Å². The molecule has 9 heteroatoms. The second-order valence-corrected chi connectivity index (χ2v) is 13.0. The lowest BCUT2D eigenvalue weighted by molar-refractivity contribution is 0.0985. The molecule has 6 rings (SSSR count). The van der Waals surface area contributed by atoms with E-state index in [4.69, 9.17) is 23.8 Å². The number of hydrogen-bond acceptors (Lipinski definition) is 8. The lowest BCUT2D eigenvalue weighted by atomic mass is 10.00. The maximum atomic E-state index is 14.3. The molecule has 2 aliphatic heterocycles. The highest BCUT2D eigenvalue weighted by Gasteiger charge is 2.46. The Labute approximate surface area is 207 Å². The first kappa shape index (κ1) is 22.9. The van der Waals surface area contributed by atoms with Crippen molar-refractivity contribution < 1.29 is 13.7 Å². The van der Waals surface area contributed by atoms with Crippen LogP contribution in [0, 0.1) is 0 Å². The van der Waals surface area contributed by atoms with Gasteiger partial charge in [-0.15, -0.1) is 0 Å². The van der Waals surface area contributed by atoms with Crippen LogP contribution < -0.4 is 9.64 Å². The van der Waals surface area contributed by atoms with Crippen molar-refractivity contribution in [1.29, 1.82) is 0 Å². The van der Waals surface area contributed by atoms with Crippen LogP contribution in [0.3, 0.4) is 0 Å². The Hall–Kier alpha value is -2.52. The molecule has 1 saturated carbocycles. The number of fused-ring (bicyclic) bond motifs is 1. The summed E-state index contributed by atoms with van der Waals surface area (Å²) in [7, 11) is -0.796. The van der Waals surface area contributed by atoms with E-state index in [1.807, 2.05) is 6.07 Å². The molecule has 0 radical (unpaired) electrons. The second kappa shape index (κ2) is 8.55. The minimum absolute atomic E-state index is 0.189. The summed E-state index contributed by atoms with van der Waals surface area (Å²) in [6.07, 6.45) is 8.77. The number of aromatic nitrogens is 3. The fraction of sp³-hybridized carbons (Fsp3) is 0.577. The molecule has 2 aromatic rings. The van der Waals surface area contributed by atoms with Gasteiger partial charge in [-0.2, -0.15) is 0 Å². The Morgan fingerprint density at radius 1 is 1.26 bits per heavy atom. The van der Waals surface area contributed by atoms with Gasteiger partial charge in [-0.25, -0.2) is 23.5 Å². The summed E-state index contributed by atoms with van der Waals surface area (Å²) in [6.45, 7) is 6.32. The highest BCUT2D eigenvalue weighted by atomic mass is 32.2. The van der Waals surface area contributed by atoms with E-state index in [-0.39, 0.29) is 12.1 Å². The highest BCUT2D eigenvalue weighted by Crippen LogP contribution is 2.45. The summed E-state index contributed by atoms with van der Waals surface area (Å²) in [5.41, 5.74) is 3.73. The normalized spacial score (nSPS) is 29.9. The van der Waals surface area contributed by atoms with Gasteiger partial charge in [-0.1, -0.05) is 12.2 Å². The number of methoxy groups -OCH3 is 1. The number of anilines is 1. The Bertz CT molecular complexity index is 1310. The molecular formula is C26H33N5O3S. The van der Waals surface area contributed by atoms with Gasteiger partial charge in [0.2, 0.25) is 5.88 Å². The fourth-order valence-corrected chi connectivity index (χ4v) is 8.32. The van der Waals surface area contributed by atoms with Crippen molar-refractivity contribution in [1.82, 2.24) is 15.0 Å². The predicted molar refractivity (Wildman–Crippen MR) is 137 cm³/mol. The molecule has 4 heterocycles. The third kappa shape index (κ3) is 3.93. The van der Waals surface area contributed by atoms with Gasteiger partial charge in [0.25, 0.3) is 0 Å². The molecule has 0 aromatic carbocycles. The minimum atomic E-state index is -2.43.